The first-order valence-corrected chi connectivity index (χ1v) is 10.4. The summed E-state index contributed by atoms with van der Waals surface area (Å²) in [4.78, 5) is 27.2. The highest BCUT2D eigenvalue weighted by molar-refractivity contribution is 14.1. The molecule has 0 saturated carbocycles. The molecule has 0 bridgehead atoms. The first kappa shape index (κ1) is 20.6. The Bertz CT molecular complexity index is 833. The second kappa shape index (κ2) is 9.88. The predicted molar refractivity (Wildman–Crippen MR) is 117 cm³/mol. The summed E-state index contributed by atoms with van der Waals surface area (Å²) in [6.45, 7) is 4.97. The van der Waals surface area contributed by atoms with Gasteiger partial charge in [0.25, 0.3) is 5.91 Å². The van der Waals surface area contributed by atoms with E-state index in [2.05, 4.69) is 32.8 Å². The zero-order valence-corrected chi connectivity index (χ0v) is 17.9. The van der Waals surface area contributed by atoms with Crippen molar-refractivity contribution >= 4 is 45.8 Å². The van der Waals surface area contributed by atoms with Gasteiger partial charge in [-0.05, 0) is 71.5 Å². The van der Waals surface area contributed by atoms with E-state index in [1.54, 1.807) is 18.2 Å². The molecule has 0 spiro atoms. The molecule has 1 aliphatic rings. The van der Waals surface area contributed by atoms with Crippen molar-refractivity contribution < 1.29 is 19.1 Å². The van der Waals surface area contributed by atoms with Gasteiger partial charge in [0.05, 0.1) is 31.1 Å². The molecule has 1 N–H and O–H groups in total. The fourth-order valence-electron chi connectivity index (χ4n) is 2.93. The van der Waals surface area contributed by atoms with Crippen molar-refractivity contribution in [2.24, 2.45) is 0 Å². The molecular formula is C21H23IN2O4. The Morgan fingerprint density at radius 1 is 1.14 bits per heavy atom. The molecule has 2 aromatic carbocycles. The standard InChI is InChI=1S/C21H23IN2O4/c1-2-11-28-21(26)18-14-17(7-8-19(18)24-9-12-27-13-10-24)23-20(25)15-3-5-16(22)6-4-15/h3-8,14H,2,9-13H2,1H3,(H,23,25). The van der Waals surface area contributed by atoms with Crippen LogP contribution in [0.4, 0.5) is 11.4 Å². The number of anilines is 2. The maximum Gasteiger partial charge on any atom is 0.340 e. The number of benzene rings is 2. The fraction of sp³-hybridized carbons (Fsp3) is 0.333. The third-order valence-electron chi connectivity index (χ3n) is 4.37. The molecule has 3 rings (SSSR count). The molecule has 0 aromatic heterocycles. The van der Waals surface area contributed by atoms with Gasteiger partial charge in [0.2, 0.25) is 0 Å². The molecule has 0 aliphatic carbocycles. The number of ether oxygens (including phenoxy) is 2. The number of hydrogen-bond acceptors (Lipinski definition) is 5. The number of carbonyl (C=O) groups is 2. The molecule has 0 radical (unpaired) electrons. The minimum Gasteiger partial charge on any atom is -0.462 e. The summed E-state index contributed by atoms with van der Waals surface area (Å²) in [5, 5.41) is 2.87. The molecule has 1 saturated heterocycles. The Morgan fingerprint density at radius 2 is 1.86 bits per heavy atom. The number of nitrogens with zero attached hydrogens (tertiary/aromatic N) is 1. The topological polar surface area (TPSA) is 67.9 Å². The second-order valence-electron chi connectivity index (χ2n) is 6.43. The van der Waals surface area contributed by atoms with E-state index in [4.69, 9.17) is 9.47 Å². The van der Waals surface area contributed by atoms with Gasteiger partial charge in [-0.1, -0.05) is 6.92 Å². The van der Waals surface area contributed by atoms with Gasteiger partial charge in [-0.25, -0.2) is 4.79 Å². The number of esters is 1. The average Bonchev–Trinajstić information content (AvgIpc) is 2.73. The molecule has 1 fully saturated rings. The molecule has 1 aliphatic heterocycles. The van der Waals surface area contributed by atoms with Gasteiger partial charge in [-0.15, -0.1) is 0 Å². The third-order valence-corrected chi connectivity index (χ3v) is 5.09. The number of nitrogens with one attached hydrogen (secondary N) is 1. The summed E-state index contributed by atoms with van der Waals surface area (Å²) in [6, 6.07) is 12.7. The van der Waals surface area contributed by atoms with E-state index < -0.39 is 0 Å². The van der Waals surface area contributed by atoms with Crippen molar-refractivity contribution in [1.82, 2.24) is 0 Å². The Hall–Kier alpha value is -2.13. The monoisotopic (exact) mass is 494 g/mol. The number of morpholine rings is 1. The maximum absolute atomic E-state index is 12.6. The van der Waals surface area contributed by atoms with Crippen LogP contribution in [0.5, 0.6) is 0 Å². The lowest BCUT2D eigenvalue weighted by atomic mass is 10.1. The summed E-state index contributed by atoms with van der Waals surface area (Å²) >= 11 is 2.19. The number of amides is 1. The zero-order chi connectivity index (χ0) is 19.9. The lowest BCUT2D eigenvalue weighted by Gasteiger charge is -2.30. The van der Waals surface area contributed by atoms with Crippen LogP contribution in [0.3, 0.4) is 0 Å². The van der Waals surface area contributed by atoms with Crippen LogP contribution in [0, 0.1) is 3.57 Å². The number of rotatable bonds is 6. The molecule has 148 valence electrons. The molecule has 2 aromatic rings. The Morgan fingerprint density at radius 3 is 2.54 bits per heavy atom. The highest BCUT2D eigenvalue weighted by atomic mass is 127. The quantitative estimate of drug-likeness (QED) is 0.487. The fourth-order valence-corrected chi connectivity index (χ4v) is 3.29. The van der Waals surface area contributed by atoms with Crippen molar-refractivity contribution in [2.45, 2.75) is 13.3 Å². The first-order chi connectivity index (χ1) is 13.6. The van der Waals surface area contributed by atoms with Crippen molar-refractivity contribution in [2.75, 3.05) is 43.1 Å². The molecule has 0 atom stereocenters. The van der Waals surface area contributed by atoms with E-state index in [0.717, 1.165) is 15.7 Å². The van der Waals surface area contributed by atoms with Gasteiger partial charge in [0, 0.05) is 27.9 Å². The highest BCUT2D eigenvalue weighted by Crippen LogP contribution is 2.26. The molecular weight excluding hydrogens is 471 g/mol. The normalized spacial score (nSPS) is 13.9. The van der Waals surface area contributed by atoms with Crippen LogP contribution in [0.25, 0.3) is 0 Å². The first-order valence-electron chi connectivity index (χ1n) is 9.29. The van der Waals surface area contributed by atoms with Crippen molar-refractivity contribution in [1.29, 1.82) is 0 Å². The summed E-state index contributed by atoms with van der Waals surface area (Å²) in [5.41, 5.74) is 2.38. The Kier molecular flexibility index (Phi) is 7.27. The molecule has 6 nitrogen and oxygen atoms in total. The SMILES string of the molecule is CCCOC(=O)c1cc(NC(=O)c2ccc(I)cc2)ccc1N1CCOCC1. The summed E-state index contributed by atoms with van der Waals surface area (Å²) < 4.78 is 11.8. The molecule has 1 amide bonds. The molecule has 1 heterocycles. The summed E-state index contributed by atoms with van der Waals surface area (Å²) in [7, 11) is 0. The van der Waals surface area contributed by atoms with E-state index in [-0.39, 0.29) is 11.9 Å². The van der Waals surface area contributed by atoms with Crippen LogP contribution in [0.15, 0.2) is 42.5 Å². The average molecular weight is 494 g/mol. The highest BCUT2D eigenvalue weighted by Gasteiger charge is 2.21. The molecule has 0 unspecified atom stereocenters. The van der Waals surface area contributed by atoms with Gasteiger partial charge >= 0.3 is 5.97 Å². The van der Waals surface area contributed by atoms with E-state index in [0.29, 0.717) is 49.7 Å². The predicted octanol–water partition coefficient (Wildman–Crippen LogP) is 3.95. The minimum atomic E-state index is -0.381. The van der Waals surface area contributed by atoms with E-state index >= 15 is 0 Å². The van der Waals surface area contributed by atoms with Crippen LogP contribution in [0.2, 0.25) is 0 Å². The van der Waals surface area contributed by atoms with Crippen molar-refractivity contribution in [3.8, 4) is 0 Å². The van der Waals surface area contributed by atoms with Crippen LogP contribution in [-0.2, 0) is 9.47 Å². The van der Waals surface area contributed by atoms with Gasteiger partial charge in [-0.3, -0.25) is 4.79 Å². The van der Waals surface area contributed by atoms with Gasteiger partial charge in [-0.2, -0.15) is 0 Å². The number of halogens is 1. The number of carbonyl (C=O) groups excluding carboxylic acids is 2. The number of hydrogen-bond donors (Lipinski definition) is 1. The minimum absolute atomic E-state index is 0.219. The lowest BCUT2D eigenvalue weighted by Crippen LogP contribution is -2.37. The van der Waals surface area contributed by atoms with Crippen LogP contribution in [0.1, 0.15) is 34.1 Å². The lowest BCUT2D eigenvalue weighted by molar-refractivity contribution is 0.0504. The van der Waals surface area contributed by atoms with Crippen LogP contribution >= 0.6 is 22.6 Å². The smallest absolute Gasteiger partial charge is 0.340 e. The third kappa shape index (κ3) is 5.23. The summed E-state index contributed by atoms with van der Waals surface area (Å²) in [6.07, 6.45) is 0.752. The molecule has 28 heavy (non-hydrogen) atoms. The maximum atomic E-state index is 12.6. The Balaban J connectivity index is 1.84. The second-order valence-corrected chi connectivity index (χ2v) is 7.67. The van der Waals surface area contributed by atoms with Crippen molar-refractivity contribution in [3.63, 3.8) is 0 Å². The Labute approximate surface area is 178 Å². The molecule has 7 heteroatoms. The van der Waals surface area contributed by atoms with E-state index in [9.17, 15) is 9.59 Å². The van der Waals surface area contributed by atoms with Crippen LogP contribution < -0.4 is 10.2 Å². The van der Waals surface area contributed by atoms with Crippen molar-refractivity contribution in [3.05, 3.63) is 57.2 Å². The van der Waals surface area contributed by atoms with E-state index in [1.807, 2.05) is 31.2 Å². The van der Waals surface area contributed by atoms with Crippen LogP contribution in [-0.4, -0.2) is 44.8 Å². The van der Waals surface area contributed by atoms with Gasteiger partial charge < -0.3 is 19.7 Å². The largest absolute Gasteiger partial charge is 0.462 e. The summed E-state index contributed by atoms with van der Waals surface area (Å²) in [5.74, 6) is -0.600. The van der Waals surface area contributed by atoms with Gasteiger partial charge in [0.1, 0.15) is 0 Å². The zero-order valence-electron chi connectivity index (χ0n) is 15.7. The van der Waals surface area contributed by atoms with E-state index in [1.165, 1.54) is 0 Å². The van der Waals surface area contributed by atoms with Gasteiger partial charge in [0.15, 0.2) is 0 Å².